The first-order chi connectivity index (χ1) is 9.11. The molecule has 2 aromatic rings. The Morgan fingerprint density at radius 1 is 1.26 bits per heavy atom. The maximum Gasteiger partial charge on any atom is 0.224 e. The Hall–Kier alpha value is -2.24. The Labute approximate surface area is 109 Å². The van der Waals surface area contributed by atoms with Crippen LogP contribution in [-0.2, 0) is 0 Å². The number of nitrogens with one attached hydrogen (secondary N) is 2. The number of aryl methyl sites for hydroxylation is 1. The van der Waals surface area contributed by atoms with E-state index in [0.717, 1.165) is 11.6 Å². The van der Waals surface area contributed by atoms with Crippen LogP contribution in [0.3, 0.4) is 0 Å². The Balaban J connectivity index is 2.32. The summed E-state index contributed by atoms with van der Waals surface area (Å²) in [5, 5.41) is 5.73. The molecule has 4 nitrogen and oxygen atoms in total. The van der Waals surface area contributed by atoms with Gasteiger partial charge in [-0.25, -0.2) is 13.8 Å². The molecule has 0 unspecified atom stereocenters. The average molecular weight is 264 g/mol. The molecule has 2 N–H and O–H groups in total. The van der Waals surface area contributed by atoms with Crippen LogP contribution >= 0.6 is 0 Å². The van der Waals surface area contributed by atoms with Gasteiger partial charge in [-0.05, 0) is 26.0 Å². The average Bonchev–Trinajstić information content (AvgIpc) is 2.39. The molecule has 0 bridgehead atoms. The molecule has 0 saturated carbocycles. The third kappa shape index (κ3) is 2.96. The van der Waals surface area contributed by atoms with E-state index in [9.17, 15) is 8.78 Å². The number of anilines is 3. The lowest BCUT2D eigenvalue weighted by atomic mass is 10.2. The van der Waals surface area contributed by atoms with Gasteiger partial charge >= 0.3 is 0 Å². The lowest BCUT2D eigenvalue weighted by Gasteiger charge is -2.11. The lowest BCUT2D eigenvalue weighted by molar-refractivity contribution is 0.511. The van der Waals surface area contributed by atoms with Crippen molar-refractivity contribution in [2.45, 2.75) is 13.8 Å². The molecule has 2 rings (SSSR count). The van der Waals surface area contributed by atoms with Crippen LogP contribution in [0.15, 0.2) is 24.4 Å². The maximum absolute atomic E-state index is 13.6. The van der Waals surface area contributed by atoms with E-state index in [0.29, 0.717) is 18.3 Å². The molecule has 0 aliphatic heterocycles. The third-order valence-corrected chi connectivity index (χ3v) is 2.51. The highest BCUT2D eigenvalue weighted by molar-refractivity contribution is 5.60. The summed E-state index contributed by atoms with van der Waals surface area (Å²) in [6, 6.07) is 3.95. The van der Waals surface area contributed by atoms with Crippen molar-refractivity contribution in [1.82, 2.24) is 9.97 Å². The van der Waals surface area contributed by atoms with Crippen molar-refractivity contribution in [3.63, 3.8) is 0 Å². The first-order valence-electron chi connectivity index (χ1n) is 5.90. The quantitative estimate of drug-likeness (QED) is 0.890. The SMILES string of the molecule is CCNc1ncc(C)c(Nc2cccc(F)c2F)n1. The van der Waals surface area contributed by atoms with Crippen LogP contribution in [0.5, 0.6) is 0 Å². The molecule has 0 atom stereocenters. The fourth-order valence-corrected chi connectivity index (χ4v) is 1.54. The van der Waals surface area contributed by atoms with Gasteiger partial charge in [-0.15, -0.1) is 0 Å². The fraction of sp³-hybridized carbons (Fsp3) is 0.231. The number of benzene rings is 1. The summed E-state index contributed by atoms with van der Waals surface area (Å²) in [7, 11) is 0. The van der Waals surface area contributed by atoms with Gasteiger partial charge in [0.1, 0.15) is 5.82 Å². The monoisotopic (exact) mass is 264 g/mol. The molecule has 1 aromatic heterocycles. The third-order valence-electron chi connectivity index (χ3n) is 2.51. The van der Waals surface area contributed by atoms with Crippen LogP contribution < -0.4 is 10.6 Å². The minimum atomic E-state index is -0.925. The zero-order chi connectivity index (χ0) is 13.8. The van der Waals surface area contributed by atoms with Gasteiger partial charge in [-0.1, -0.05) is 6.07 Å². The second-order valence-electron chi connectivity index (χ2n) is 3.98. The van der Waals surface area contributed by atoms with Crippen molar-refractivity contribution in [2.75, 3.05) is 17.2 Å². The van der Waals surface area contributed by atoms with Gasteiger partial charge < -0.3 is 10.6 Å². The zero-order valence-corrected chi connectivity index (χ0v) is 10.7. The summed E-state index contributed by atoms with van der Waals surface area (Å²) in [5.74, 6) is -0.947. The Morgan fingerprint density at radius 2 is 2.05 bits per heavy atom. The fourth-order valence-electron chi connectivity index (χ4n) is 1.54. The van der Waals surface area contributed by atoms with Gasteiger partial charge in [-0.3, -0.25) is 0 Å². The van der Waals surface area contributed by atoms with E-state index < -0.39 is 11.6 Å². The molecule has 0 amide bonds. The van der Waals surface area contributed by atoms with Crippen LogP contribution in [0.1, 0.15) is 12.5 Å². The second kappa shape index (κ2) is 5.60. The Morgan fingerprint density at radius 3 is 2.79 bits per heavy atom. The summed E-state index contributed by atoms with van der Waals surface area (Å²) in [6.07, 6.45) is 1.62. The minimum Gasteiger partial charge on any atom is -0.354 e. The van der Waals surface area contributed by atoms with Gasteiger partial charge in [0.05, 0.1) is 5.69 Å². The van der Waals surface area contributed by atoms with E-state index in [1.807, 2.05) is 6.92 Å². The van der Waals surface area contributed by atoms with Crippen molar-refractivity contribution in [3.8, 4) is 0 Å². The molecule has 0 spiro atoms. The molecule has 0 saturated heterocycles. The molecule has 1 heterocycles. The predicted octanol–water partition coefficient (Wildman–Crippen LogP) is 3.24. The lowest BCUT2D eigenvalue weighted by Crippen LogP contribution is -2.06. The van der Waals surface area contributed by atoms with E-state index in [-0.39, 0.29) is 5.69 Å². The number of halogens is 2. The molecule has 1 aromatic carbocycles. The minimum absolute atomic E-state index is 0.0456. The van der Waals surface area contributed by atoms with Gasteiger partial charge in [0.2, 0.25) is 5.95 Å². The normalized spacial score (nSPS) is 10.3. The summed E-state index contributed by atoms with van der Waals surface area (Å²) in [6.45, 7) is 4.38. The predicted molar refractivity (Wildman–Crippen MR) is 70.6 cm³/mol. The van der Waals surface area contributed by atoms with Crippen LogP contribution in [0, 0.1) is 18.6 Å². The number of aromatic nitrogens is 2. The van der Waals surface area contributed by atoms with E-state index in [4.69, 9.17) is 0 Å². The van der Waals surface area contributed by atoms with Crippen molar-refractivity contribution in [2.24, 2.45) is 0 Å². The number of rotatable bonds is 4. The topological polar surface area (TPSA) is 49.8 Å². The smallest absolute Gasteiger partial charge is 0.224 e. The largest absolute Gasteiger partial charge is 0.354 e. The highest BCUT2D eigenvalue weighted by Gasteiger charge is 2.10. The van der Waals surface area contributed by atoms with E-state index in [1.165, 1.54) is 12.1 Å². The molecule has 100 valence electrons. The number of hydrogen-bond acceptors (Lipinski definition) is 4. The first-order valence-corrected chi connectivity index (χ1v) is 5.90. The van der Waals surface area contributed by atoms with Crippen molar-refractivity contribution >= 4 is 17.5 Å². The Bertz CT molecular complexity index is 587. The molecule has 0 aliphatic carbocycles. The molecule has 6 heteroatoms. The van der Waals surface area contributed by atoms with Gasteiger partial charge in [0.15, 0.2) is 11.6 Å². The van der Waals surface area contributed by atoms with Crippen LogP contribution in [0.4, 0.5) is 26.2 Å². The molecule has 0 aliphatic rings. The Kier molecular flexibility index (Phi) is 3.89. The molecular formula is C13H14F2N4. The highest BCUT2D eigenvalue weighted by atomic mass is 19.2. The summed E-state index contributed by atoms with van der Waals surface area (Å²) in [4.78, 5) is 8.29. The highest BCUT2D eigenvalue weighted by Crippen LogP contribution is 2.22. The molecular weight excluding hydrogens is 250 g/mol. The van der Waals surface area contributed by atoms with E-state index >= 15 is 0 Å². The molecule has 0 fully saturated rings. The first kappa shape index (κ1) is 13.2. The van der Waals surface area contributed by atoms with Crippen molar-refractivity contribution in [1.29, 1.82) is 0 Å². The molecule has 19 heavy (non-hydrogen) atoms. The number of hydrogen-bond donors (Lipinski definition) is 2. The second-order valence-corrected chi connectivity index (χ2v) is 3.98. The molecule has 0 radical (unpaired) electrons. The summed E-state index contributed by atoms with van der Waals surface area (Å²) in [5.41, 5.74) is 0.787. The zero-order valence-electron chi connectivity index (χ0n) is 10.7. The van der Waals surface area contributed by atoms with Crippen LogP contribution in [-0.4, -0.2) is 16.5 Å². The summed E-state index contributed by atoms with van der Waals surface area (Å²) < 4.78 is 26.7. The maximum atomic E-state index is 13.6. The van der Waals surface area contributed by atoms with Crippen LogP contribution in [0.2, 0.25) is 0 Å². The van der Waals surface area contributed by atoms with Gasteiger partial charge in [0.25, 0.3) is 0 Å². The van der Waals surface area contributed by atoms with E-state index in [2.05, 4.69) is 20.6 Å². The van der Waals surface area contributed by atoms with Crippen LogP contribution in [0.25, 0.3) is 0 Å². The van der Waals surface area contributed by atoms with Gasteiger partial charge in [-0.2, -0.15) is 4.98 Å². The van der Waals surface area contributed by atoms with E-state index in [1.54, 1.807) is 13.1 Å². The van der Waals surface area contributed by atoms with Gasteiger partial charge in [0, 0.05) is 18.3 Å². The standard InChI is InChI=1S/C13H14F2N4/c1-3-16-13-17-7-8(2)12(19-13)18-10-6-4-5-9(14)11(10)15/h4-7H,3H2,1-2H3,(H2,16,17,18,19). The van der Waals surface area contributed by atoms with Crippen molar-refractivity contribution < 1.29 is 8.78 Å². The summed E-state index contributed by atoms with van der Waals surface area (Å²) >= 11 is 0. The van der Waals surface area contributed by atoms with Crippen molar-refractivity contribution in [3.05, 3.63) is 41.6 Å². The number of nitrogens with zero attached hydrogens (tertiary/aromatic N) is 2.